The Morgan fingerprint density at radius 1 is 0.694 bits per heavy atom. The van der Waals surface area contributed by atoms with Crippen molar-refractivity contribution in [2.45, 2.75) is 112 Å². The van der Waals surface area contributed by atoms with Gasteiger partial charge in [-0.2, -0.15) is 0 Å². The molecule has 0 amide bonds. The molecular formula is C21H35NO14. The average Bonchev–Trinajstić information content (AvgIpc) is 3.25. The van der Waals surface area contributed by atoms with Crippen LogP contribution in [-0.4, -0.2) is 152 Å². The molecule has 6 unspecified atom stereocenters. The van der Waals surface area contributed by atoms with Gasteiger partial charge in [-0.15, -0.1) is 0 Å². The van der Waals surface area contributed by atoms with Crippen molar-refractivity contribution in [1.82, 2.24) is 0 Å². The van der Waals surface area contributed by atoms with Crippen LogP contribution in [0.2, 0.25) is 0 Å². The van der Waals surface area contributed by atoms with Gasteiger partial charge in [-0.05, 0) is 6.42 Å². The molecule has 0 aromatic rings. The lowest BCUT2D eigenvalue weighted by molar-refractivity contribution is -0.381. The van der Waals surface area contributed by atoms with E-state index in [0.717, 1.165) is 0 Å². The van der Waals surface area contributed by atoms with E-state index in [2.05, 4.69) is 4.99 Å². The van der Waals surface area contributed by atoms with E-state index in [-0.39, 0.29) is 12.3 Å². The van der Waals surface area contributed by atoms with Gasteiger partial charge < -0.3 is 69.3 Å². The van der Waals surface area contributed by atoms with Gasteiger partial charge in [0.25, 0.3) is 0 Å². The van der Waals surface area contributed by atoms with E-state index in [1.165, 1.54) is 0 Å². The molecule has 0 bridgehead atoms. The fourth-order valence-electron chi connectivity index (χ4n) is 4.85. The Morgan fingerprint density at radius 2 is 1.31 bits per heavy atom. The Hall–Kier alpha value is -1.05. The zero-order valence-electron chi connectivity index (χ0n) is 19.8. The fraction of sp³-hybridized carbons (Fsp3) is 0.952. The van der Waals surface area contributed by atoms with Crippen LogP contribution in [0.5, 0.6) is 0 Å². The number of nitrogens with zero attached hydrogens (tertiary/aromatic N) is 1. The van der Waals surface area contributed by atoms with Crippen molar-refractivity contribution < 1.29 is 69.3 Å². The highest BCUT2D eigenvalue weighted by Crippen LogP contribution is 2.35. The predicted octanol–water partition coefficient (Wildman–Crippen LogP) is -4.69. The van der Waals surface area contributed by atoms with Crippen LogP contribution in [0.3, 0.4) is 0 Å². The van der Waals surface area contributed by atoms with Crippen LogP contribution in [0, 0.1) is 0 Å². The molecule has 0 aromatic carbocycles. The summed E-state index contributed by atoms with van der Waals surface area (Å²) in [5.41, 5.74) is 0. The molecule has 4 rings (SSSR count). The predicted molar refractivity (Wildman–Crippen MR) is 114 cm³/mol. The standard InChI is InChI=1S/C21H35NO14/c1-3-7-11(25)14(28)16(30)20(32-7)36-18-15(29)12(26)8(4-23)33-21(18)35-17-9(5-24)34-19-10(13(17)27)22-6(2)31-19/h7-21,23-30H,3-5H2,1-2H3/t7?,8?,9?,10?,11-,12-,13-,14+,15+,16?,17-,18?,19+,20-,21+/m1/s1. The first-order chi connectivity index (χ1) is 17.1. The maximum absolute atomic E-state index is 10.9. The van der Waals surface area contributed by atoms with E-state index in [9.17, 15) is 40.9 Å². The summed E-state index contributed by atoms with van der Waals surface area (Å²) in [7, 11) is 0. The molecule has 4 heterocycles. The minimum atomic E-state index is -1.74. The largest absolute Gasteiger partial charge is 0.450 e. The lowest BCUT2D eigenvalue weighted by Crippen LogP contribution is -2.66. The molecule has 15 nitrogen and oxygen atoms in total. The third-order valence-corrected chi connectivity index (χ3v) is 6.92. The number of aliphatic hydroxyl groups is 8. The fourth-order valence-corrected chi connectivity index (χ4v) is 4.85. The first-order valence-corrected chi connectivity index (χ1v) is 11.9. The summed E-state index contributed by atoms with van der Waals surface area (Å²) in [6.07, 6.45) is -19.5. The van der Waals surface area contributed by atoms with Crippen molar-refractivity contribution in [3.8, 4) is 0 Å². The summed E-state index contributed by atoms with van der Waals surface area (Å²) in [5, 5.41) is 82.3. The summed E-state index contributed by atoms with van der Waals surface area (Å²) in [4.78, 5) is 4.17. The van der Waals surface area contributed by atoms with Crippen LogP contribution < -0.4 is 0 Å². The maximum Gasteiger partial charge on any atom is 0.227 e. The highest BCUT2D eigenvalue weighted by Gasteiger charge is 2.55. The molecule has 0 aromatic heterocycles. The Kier molecular flexibility index (Phi) is 8.83. The van der Waals surface area contributed by atoms with E-state index >= 15 is 0 Å². The van der Waals surface area contributed by atoms with Crippen LogP contribution in [0.15, 0.2) is 4.99 Å². The molecule has 15 heteroatoms. The molecule has 3 saturated heterocycles. The number of aliphatic hydroxyl groups excluding tert-OH is 8. The molecule has 4 aliphatic heterocycles. The second kappa shape index (κ2) is 11.4. The molecule has 208 valence electrons. The third-order valence-electron chi connectivity index (χ3n) is 6.92. The quantitative estimate of drug-likeness (QED) is 0.156. The number of ether oxygens (including phenoxy) is 6. The van der Waals surface area contributed by atoms with Gasteiger partial charge in [0.1, 0.15) is 67.1 Å². The monoisotopic (exact) mass is 525 g/mol. The minimum Gasteiger partial charge on any atom is -0.450 e. The number of fused-ring (bicyclic) bond motifs is 1. The van der Waals surface area contributed by atoms with Crippen LogP contribution >= 0.6 is 0 Å². The molecule has 0 saturated carbocycles. The van der Waals surface area contributed by atoms with E-state index in [0.29, 0.717) is 0 Å². The number of rotatable bonds is 7. The van der Waals surface area contributed by atoms with Gasteiger partial charge in [0.05, 0.1) is 19.3 Å². The van der Waals surface area contributed by atoms with Crippen molar-refractivity contribution in [3.05, 3.63) is 0 Å². The van der Waals surface area contributed by atoms with Crippen molar-refractivity contribution in [3.63, 3.8) is 0 Å². The van der Waals surface area contributed by atoms with Crippen molar-refractivity contribution in [2.24, 2.45) is 4.99 Å². The molecule has 0 spiro atoms. The summed E-state index contributed by atoms with van der Waals surface area (Å²) < 4.78 is 33.8. The van der Waals surface area contributed by atoms with Crippen LogP contribution in [0.4, 0.5) is 0 Å². The minimum absolute atomic E-state index is 0.262. The summed E-state index contributed by atoms with van der Waals surface area (Å²) >= 11 is 0. The second-order valence-electron chi connectivity index (χ2n) is 9.30. The van der Waals surface area contributed by atoms with Crippen LogP contribution in [-0.2, 0) is 28.4 Å². The molecule has 4 aliphatic rings. The third kappa shape index (κ3) is 5.13. The number of hydrogen-bond acceptors (Lipinski definition) is 15. The van der Waals surface area contributed by atoms with Gasteiger partial charge in [0.2, 0.25) is 6.29 Å². The lowest BCUT2D eigenvalue weighted by atomic mass is 9.95. The smallest absolute Gasteiger partial charge is 0.227 e. The van der Waals surface area contributed by atoms with Crippen LogP contribution in [0.25, 0.3) is 0 Å². The number of hydrogen-bond donors (Lipinski definition) is 8. The first kappa shape index (κ1) is 28.0. The Balaban J connectivity index is 1.57. The average molecular weight is 526 g/mol. The molecule has 15 atom stereocenters. The topological polar surface area (TPSA) is 230 Å². The van der Waals surface area contributed by atoms with Gasteiger partial charge in [-0.25, -0.2) is 4.99 Å². The molecule has 8 N–H and O–H groups in total. The normalized spacial score (nSPS) is 51.4. The second-order valence-corrected chi connectivity index (χ2v) is 9.30. The Labute approximate surface area is 206 Å². The summed E-state index contributed by atoms with van der Waals surface area (Å²) in [6, 6.07) is -0.879. The van der Waals surface area contributed by atoms with Gasteiger partial charge >= 0.3 is 0 Å². The highest BCUT2D eigenvalue weighted by atomic mass is 16.8. The molecule has 3 fully saturated rings. The summed E-state index contributed by atoms with van der Waals surface area (Å²) in [5.74, 6) is 0.269. The van der Waals surface area contributed by atoms with E-state index in [1.54, 1.807) is 13.8 Å². The first-order valence-electron chi connectivity index (χ1n) is 11.9. The van der Waals surface area contributed by atoms with Crippen LogP contribution in [0.1, 0.15) is 20.3 Å². The zero-order valence-corrected chi connectivity index (χ0v) is 19.8. The van der Waals surface area contributed by atoms with Gasteiger partial charge in [0.15, 0.2) is 18.5 Å². The molecular weight excluding hydrogens is 490 g/mol. The number of aliphatic imine (C=N–C) groups is 1. The van der Waals surface area contributed by atoms with Crippen molar-refractivity contribution >= 4 is 5.90 Å². The highest BCUT2D eigenvalue weighted by molar-refractivity contribution is 5.75. The zero-order chi connectivity index (χ0) is 26.3. The lowest BCUT2D eigenvalue weighted by Gasteiger charge is -2.48. The van der Waals surface area contributed by atoms with Crippen molar-refractivity contribution in [2.75, 3.05) is 13.2 Å². The molecule has 0 aliphatic carbocycles. The summed E-state index contributed by atoms with van der Waals surface area (Å²) in [6.45, 7) is 1.96. The molecule has 36 heavy (non-hydrogen) atoms. The van der Waals surface area contributed by atoms with Gasteiger partial charge in [0, 0.05) is 6.92 Å². The van der Waals surface area contributed by atoms with E-state index in [4.69, 9.17) is 28.4 Å². The van der Waals surface area contributed by atoms with E-state index < -0.39 is 105 Å². The SMILES string of the molecule is CCC1O[C@H](OC2[C@H](O[C@@H]3C(CO)O[C@@H]4OC(C)=NC4[C@H]3O)OC(CO)[C@@H](O)[C@@H]2O)C(O)[C@@H](O)[C@@H]1O. The van der Waals surface area contributed by atoms with E-state index in [1.807, 2.05) is 0 Å². The maximum atomic E-state index is 10.9. The molecule has 0 radical (unpaired) electrons. The Bertz CT molecular complexity index is 771. The van der Waals surface area contributed by atoms with Gasteiger partial charge in [-0.3, -0.25) is 0 Å². The van der Waals surface area contributed by atoms with Gasteiger partial charge in [-0.1, -0.05) is 6.92 Å². The van der Waals surface area contributed by atoms with Crippen molar-refractivity contribution in [1.29, 1.82) is 0 Å². The Morgan fingerprint density at radius 3 is 1.94 bits per heavy atom.